The van der Waals surface area contributed by atoms with Crippen LogP contribution in [-0.2, 0) is 16.2 Å². The predicted octanol–water partition coefficient (Wildman–Crippen LogP) is 1.92. The average molecular weight is 332 g/mol. The predicted molar refractivity (Wildman–Crippen MR) is 65.3 cm³/mol. The number of nitrogens with zero attached hydrogens (tertiary/aromatic N) is 1. The zero-order valence-electron chi connectivity index (χ0n) is 10.6. The van der Waals surface area contributed by atoms with Gasteiger partial charge in [-0.2, -0.15) is 17.5 Å². The summed E-state index contributed by atoms with van der Waals surface area (Å²) in [6, 6.07) is 3.41. The number of sulfonamides is 1. The molecule has 0 saturated carbocycles. The fraction of sp³-hybridized carbons (Fsp3) is 0.455. The van der Waals surface area contributed by atoms with Crippen LogP contribution in [0, 0.1) is 0 Å². The fourth-order valence-electron chi connectivity index (χ4n) is 1.67. The van der Waals surface area contributed by atoms with Crippen molar-refractivity contribution in [3.8, 4) is 0 Å². The summed E-state index contributed by atoms with van der Waals surface area (Å²) >= 11 is 0. The summed E-state index contributed by atoms with van der Waals surface area (Å²) in [6.45, 7) is -2.01. The Balaban J connectivity index is 3.35. The van der Waals surface area contributed by atoms with Crippen molar-refractivity contribution >= 4 is 10.0 Å². The molecule has 0 heterocycles. The van der Waals surface area contributed by atoms with Gasteiger partial charge in [-0.1, -0.05) is 12.1 Å². The first kappa shape index (κ1) is 17.8. The normalized spacial score (nSPS) is 13.1. The highest BCUT2D eigenvalue weighted by molar-refractivity contribution is 7.89. The molecule has 0 aliphatic carbocycles. The van der Waals surface area contributed by atoms with E-state index in [0.29, 0.717) is 6.07 Å². The van der Waals surface area contributed by atoms with Crippen molar-refractivity contribution in [1.82, 2.24) is 4.31 Å². The minimum Gasteiger partial charge on any atom is -0.329 e. The SMILES string of the molecule is NCCN(CC(F)F)S(=O)(=O)c1ccccc1C(F)(F)F. The number of rotatable bonds is 6. The number of hydrogen-bond donors (Lipinski definition) is 1. The molecule has 0 fully saturated rings. The minimum absolute atomic E-state index is 0.252. The van der Waals surface area contributed by atoms with E-state index in [4.69, 9.17) is 5.73 Å². The zero-order chi connectivity index (χ0) is 16.3. The molecule has 1 rings (SSSR count). The van der Waals surface area contributed by atoms with Crippen molar-refractivity contribution < 1.29 is 30.4 Å². The van der Waals surface area contributed by atoms with Gasteiger partial charge in [0.1, 0.15) is 0 Å². The first-order chi connectivity index (χ1) is 9.60. The number of nitrogens with two attached hydrogens (primary N) is 1. The molecule has 0 unspecified atom stereocenters. The maximum atomic E-state index is 12.8. The molecular weight excluding hydrogens is 319 g/mol. The minimum atomic E-state index is -4.91. The second-order valence-corrected chi connectivity index (χ2v) is 5.94. The lowest BCUT2D eigenvalue weighted by atomic mass is 10.2. The van der Waals surface area contributed by atoms with Gasteiger partial charge >= 0.3 is 6.18 Å². The van der Waals surface area contributed by atoms with E-state index in [0.717, 1.165) is 18.2 Å². The van der Waals surface area contributed by atoms with Gasteiger partial charge < -0.3 is 5.73 Å². The van der Waals surface area contributed by atoms with Crippen molar-refractivity contribution in [3.05, 3.63) is 29.8 Å². The van der Waals surface area contributed by atoms with Crippen LogP contribution in [0.25, 0.3) is 0 Å². The van der Waals surface area contributed by atoms with Gasteiger partial charge in [0.05, 0.1) is 17.0 Å². The average Bonchev–Trinajstić information content (AvgIpc) is 2.36. The van der Waals surface area contributed by atoms with E-state index < -0.39 is 46.2 Å². The Bertz CT molecular complexity index is 574. The van der Waals surface area contributed by atoms with Gasteiger partial charge in [0.2, 0.25) is 10.0 Å². The highest BCUT2D eigenvalue weighted by Crippen LogP contribution is 2.35. The molecule has 0 aliphatic heterocycles. The fourth-order valence-corrected chi connectivity index (χ4v) is 3.32. The molecule has 0 aliphatic rings. The van der Waals surface area contributed by atoms with E-state index in [1.807, 2.05) is 0 Å². The molecule has 0 spiro atoms. The molecule has 21 heavy (non-hydrogen) atoms. The lowest BCUT2D eigenvalue weighted by molar-refractivity contribution is -0.139. The number of hydrogen-bond acceptors (Lipinski definition) is 3. The van der Waals surface area contributed by atoms with Gasteiger partial charge in [-0.3, -0.25) is 0 Å². The lowest BCUT2D eigenvalue weighted by Crippen LogP contribution is -2.39. The second kappa shape index (κ2) is 6.67. The van der Waals surface area contributed by atoms with Crippen molar-refractivity contribution in [3.63, 3.8) is 0 Å². The maximum Gasteiger partial charge on any atom is 0.417 e. The monoisotopic (exact) mass is 332 g/mol. The Morgan fingerprint density at radius 2 is 1.76 bits per heavy atom. The van der Waals surface area contributed by atoms with E-state index in [-0.39, 0.29) is 10.8 Å². The van der Waals surface area contributed by atoms with Crippen LogP contribution in [0.15, 0.2) is 29.2 Å². The van der Waals surface area contributed by atoms with Crippen molar-refractivity contribution in [2.75, 3.05) is 19.6 Å². The molecule has 4 nitrogen and oxygen atoms in total. The summed E-state index contributed by atoms with van der Waals surface area (Å²) in [4.78, 5) is -1.06. The smallest absolute Gasteiger partial charge is 0.329 e. The first-order valence-corrected chi connectivity index (χ1v) is 7.19. The molecule has 10 heteroatoms. The molecule has 0 aromatic heterocycles. The highest BCUT2D eigenvalue weighted by Gasteiger charge is 2.39. The lowest BCUT2D eigenvalue weighted by Gasteiger charge is -2.23. The summed E-state index contributed by atoms with van der Waals surface area (Å²) in [5.41, 5.74) is 3.73. The summed E-state index contributed by atoms with van der Waals surface area (Å²) < 4.78 is 87.9. The van der Waals surface area contributed by atoms with Crippen LogP contribution in [0.2, 0.25) is 0 Å². The Kier molecular flexibility index (Phi) is 5.65. The molecule has 0 amide bonds. The van der Waals surface area contributed by atoms with Gasteiger partial charge in [0.15, 0.2) is 0 Å². The summed E-state index contributed by atoms with van der Waals surface area (Å²) in [5.74, 6) is 0. The number of benzene rings is 1. The summed E-state index contributed by atoms with van der Waals surface area (Å²) in [7, 11) is -4.72. The molecule has 1 aromatic carbocycles. The van der Waals surface area contributed by atoms with Crippen LogP contribution >= 0.6 is 0 Å². The Labute approximate surface area is 118 Å². The molecule has 0 radical (unpaired) electrons. The van der Waals surface area contributed by atoms with Crippen LogP contribution in [0.1, 0.15) is 5.56 Å². The molecule has 120 valence electrons. The van der Waals surface area contributed by atoms with Gasteiger partial charge in [-0.05, 0) is 12.1 Å². The van der Waals surface area contributed by atoms with Gasteiger partial charge in [-0.15, -0.1) is 0 Å². The quantitative estimate of drug-likeness (QED) is 0.810. The molecular formula is C11H13F5N2O2S. The van der Waals surface area contributed by atoms with Gasteiger partial charge in [0, 0.05) is 13.1 Å². The Morgan fingerprint density at radius 3 is 2.24 bits per heavy atom. The molecule has 2 N–H and O–H groups in total. The van der Waals surface area contributed by atoms with Crippen LogP contribution < -0.4 is 5.73 Å². The van der Waals surface area contributed by atoms with E-state index in [9.17, 15) is 30.4 Å². The zero-order valence-corrected chi connectivity index (χ0v) is 11.5. The van der Waals surface area contributed by atoms with Crippen LogP contribution in [0.4, 0.5) is 22.0 Å². The van der Waals surface area contributed by atoms with E-state index in [2.05, 4.69) is 0 Å². The van der Waals surface area contributed by atoms with Crippen LogP contribution in [-0.4, -0.2) is 38.8 Å². The first-order valence-electron chi connectivity index (χ1n) is 5.75. The van der Waals surface area contributed by atoms with Crippen molar-refractivity contribution in [2.24, 2.45) is 5.73 Å². The third kappa shape index (κ3) is 4.35. The molecule has 0 saturated heterocycles. The highest BCUT2D eigenvalue weighted by atomic mass is 32.2. The molecule has 0 atom stereocenters. The number of alkyl halides is 5. The molecule has 0 bridgehead atoms. The topological polar surface area (TPSA) is 63.4 Å². The Morgan fingerprint density at radius 1 is 1.19 bits per heavy atom. The van der Waals surface area contributed by atoms with Gasteiger partial charge in [0.25, 0.3) is 6.43 Å². The maximum absolute atomic E-state index is 12.8. The largest absolute Gasteiger partial charge is 0.417 e. The van der Waals surface area contributed by atoms with Crippen LogP contribution in [0.5, 0.6) is 0 Å². The molecule has 1 aromatic rings. The third-order valence-corrected chi connectivity index (χ3v) is 4.45. The second-order valence-electron chi connectivity index (χ2n) is 4.04. The third-order valence-electron chi connectivity index (χ3n) is 2.53. The van der Waals surface area contributed by atoms with Crippen LogP contribution in [0.3, 0.4) is 0 Å². The van der Waals surface area contributed by atoms with Crippen molar-refractivity contribution in [1.29, 1.82) is 0 Å². The van der Waals surface area contributed by atoms with E-state index >= 15 is 0 Å². The standard InChI is InChI=1S/C11H13F5N2O2S/c12-10(13)7-18(6-5-17)21(19,20)9-4-2-1-3-8(9)11(14,15)16/h1-4,10H,5-7,17H2. The summed E-state index contributed by atoms with van der Waals surface area (Å²) in [5, 5.41) is 0. The van der Waals surface area contributed by atoms with Crippen molar-refractivity contribution in [2.45, 2.75) is 17.5 Å². The van der Waals surface area contributed by atoms with E-state index in [1.54, 1.807) is 0 Å². The number of halogens is 5. The summed E-state index contributed by atoms with van der Waals surface area (Å²) in [6.07, 6.45) is -7.94. The van der Waals surface area contributed by atoms with E-state index in [1.165, 1.54) is 0 Å². The Hall–Kier alpha value is -1.26. The van der Waals surface area contributed by atoms with Gasteiger partial charge in [-0.25, -0.2) is 17.2 Å².